The van der Waals surface area contributed by atoms with E-state index < -0.39 is 0 Å². The Morgan fingerprint density at radius 2 is 1.49 bits per heavy atom. The average Bonchev–Trinajstić information content (AvgIpc) is 3.00. The minimum atomic E-state index is -0.284. The zero-order valence-corrected chi connectivity index (χ0v) is 24.1. The predicted octanol–water partition coefficient (Wildman–Crippen LogP) is 7.92. The number of nitrogens with one attached hydrogen (secondary N) is 1. The molecular formula is C34H29BrN2O4. The third kappa shape index (κ3) is 7.32. The molecule has 0 atom stereocenters. The number of rotatable bonds is 11. The average molecular weight is 610 g/mol. The van der Waals surface area contributed by atoms with Gasteiger partial charge in [0.1, 0.15) is 19.0 Å². The van der Waals surface area contributed by atoms with Crippen LogP contribution in [-0.4, -0.2) is 18.7 Å². The van der Waals surface area contributed by atoms with Gasteiger partial charge in [0.15, 0.2) is 11.5 Å². The molecule has 0 fully saturated rings. The van der Waals surface area contributed by atoms with Crippen LogP contribution < -0.4 is 19.6 Å². The number of nitrogens with zero attached hydrogens (tertiary/aromatic N) is 1. The van der Waals surface area contributed by atoms with E-state index in [4.69, 9.17) is 14.2 Å². The van der Waals surface area contributed by atoms with Crippen molar-refractivity contribution in [1.29, 1.82) is 0 Å². The van der Waals surface area contributed by atoms with Crippen molar-refractivity contribution in [3.8, 4) is 17.2 Å². The fraction of sp³-hybridized carbons (Fsp3) is 0.118. The largest absolute Gasteiger partial charge is 0.490 e. The Morgan fingerprint density at radius 1 is 0.756 bits per heavy atom. The first-order chi connectivity index (χ1) is 20.1. The summed E-state index contributed by atoms with van der Waals surface area (Å²) in [5.41, 5.74) is 5.93. The zero-order valence-electron chi connectivity index (χ0n) is 22.5. The molecule has 0 spiro atoms. The van der Waals surface area contributed by atoms with Crippen LogP contribution >= 0.6 is 15.9 Å². The summed E-state index contributed by atoms with van der Waals surface area (Å²) in [5.74, 6) is 1.68. The number of ether oxygens (including phenoxy) is 3. The maximum absolute atomic E-state index is 12.9. The Morgan fingerprint density at radius 3 is 2.34 bits per heavy atom. The summed E-state index contributed by atoms with van der Waals surface area (Å²) in [5, 5.41) is 6.08. The van der Waals surface area contributed by atoms with Gasteiger partial charge >= 0.3 is 0 Å². The van der Waals surface area contributed by atoms with Gasteiger partial charge < -0.3 is 14.2 Å². The van der Waals surface area contributed by atoms with Crippen LogP contribution in [0.2, 0.25) is 0 Å². The third-order valence-corrected chi connectivity index (χ3v) is 6.81. The number of fused-ring (bicyclic) bond motifs is 1. The molecule has 1 amide bonds. The molecule has 5 aromatic rings. The van der Waals surface area contributed by atoms with E-state index in [9.17, 15) is 4.79 Å². The van der Waals surface area contributed by atoms with Crippen LogP contribution in [0.25, 0.3) is 10.8 Å². The van der Waals surface area contributed by atoms with Gasteiger partial charge in [0.05, 0.1) is 12.8 Å². The molecule has 1 N–H and O–H groups in total. The summed E-state index contributed by atoms with van der Waals surface area (Å²) >= 11 is 3.51. The van der Waals surface area contributed by atoms with E-state index in [1.165, 1.54) is 0 Å². The van der Waals surface area contributed by atoms with Crippen LogP contribution in [-0.2, 0) is 13.2 Å². The molecule has 0 saturated heterocycles. The SMILES string of the molecule is CCOc1cc(COc2ccc(Br)cc2/C=N/NC(=O)c2cccc3ccccc23)ccc1OCc1ccccc1. The number of benzene rings is 5. The van der Waals surface area contributed by atoms with Crippen LogP contribution in [0.4, 0.5) is 0 Å². The number of hydrazone groups is 1. The van der Waals surface area contributed by atoms with Crippen molar-refractivity contribution in [3.05, 3.63) is 136 Å². The van der Waals surface area contributed by atoms with Crippen LogP contribution in [0, 0.1) is 0 Å². The van der Waals surface area contributed by atoms with Crippen LogP contribution in [0.15, 0.2) is 119 Å². The molecule has 6 nitrogen and oxygen atoms in total. The number of carbonyl (C=O) groups excluding carboxylic acids is 1. The molecule has 206 valence electrons. The second-order valence-electron chi connectivity index (χ2n) is 9.19. The normalized spacial score (nSPS) is 11.0. The number of hydrogen-bond donors (Lipinski definition) is 1. The highest BCUT2D eigenvalue weighted by molar-refractivity contribution is 9.10. The lowest BCUT2D eigenvalue weighted by atomic mass is 10.0. The maximum Gasteiger partial charge on any atom is 0.271 e. The predicted molar refractivity (Wildman–Crippen MR) is 166 cm³/mol. The first-order valence-corrected chi connectivity index (χ1v) is 14.1. The molecule has 0 aliphatic carbocycles. The summed E-state index contributed by atoms with van der Waals surface area (Å²) in [6.07, 6.45) is 1.58. The van der Waals surface area contributed by atoms with Crippen LogP contribution in [0.3, 0.4) is 0 Å². The number of hydrogen-bond acceptors (Lipinski definition) is 5. The summed E-state index contributed by atoms with van der Waals surface area (Å²) in [4.78, 5) is 12.9. The van der Waals surface area contributed by atoms with Crippen molar-refractivity contribution in [1.82, 2.24) is 5.43 Å². The van der Waals surface area contributed by atoms with Crippen molar-refractivity contribution in [2.75, 3.05) is 6.61 Å². The third-order valence-electron chi connectivity index (χ3n) is 6.32. The van der Waals surface area contributed by atoms with Gasteiger partial charge in [-0.15, -0.1) is 0 Å². The first kappa shape index (κ1) is 27.9. The van der Waals surface area contributed by atoms with E-state index in [0.717, 1.165) is 26.4 Å². The van der Waals surface area contributed by atoms with Gasteiger partial charge in [0, 0.05) is 15.6 Å². The molecule has 0 radical (unpaired) electrons. The molecular weight excluding hydrogens is 580 g/mol. The van der Waals surface area contributed by atoms with Gasteiger partial charge in [-0.1, -0.05) is 88.7 Å². The van der Waals surface area contributed by atoms with E-state index in [1.807, 2.05) is 110 Å². The van der Waals surface area contributed by atoms with Crippen molar-refractivity contribution >= 4 is 38.8 Å². The van der Waals surface area contributed by atoms with E-state index >= 15 is 0 Å². The molecule has 0 unspecified atom stereocenters. The number of carbonyl (C=O) groups is 1. The number of halogens is 1. The summed E-state index contributed by atoms with van der Waals surface area (Å²) in [6, 6.07) is 34.8. The Kier molecular flexibility index (Phi) is 9.29. The highest BCUT2D eigenvalue weighted by Crippen LogP contribution is 2.30. The molecule has 7 heteroatoms. The topological polar surface area (TPSA) is 69.2 Å². The second-order valence-corrected chi connectivity index (χ2v) is 10.1. The van der Waals surface area contributed by atoms with Crippen molar-refractivity contribution in [3.63, 3.8) is 0 Å². The fourth-order valence-electron chi connectivity index (χ4n) is 4.32. The van der Waals surface area contributed by atoms with Gasteiger partial charge in [-0.05, 0) is 65.2 Å². The minimum absolute atomic E-state index is 0.284. The van der Waals surface area contributed by atoms with Gasteiger partial charge in [-0.25, -0.2) is 5.43 Å². The molecule has 0 aliphatic rings. The van der Waals surface area contributed by atoms with E-state index in [2.05, 4.69) is 26.5 Å². The lowest BCUT2D eigenvalue weighted by Gasteiger charge is -2.14. The number of amides is 1. The monoisotopic (exact) mass is 608 g/mol. The fourth-order valence-corrected chi connectivity index (χ4v) is 4.70. The van der Waals surface area contributed by atoms with Crippen LogP contribution in [0.1, 0.15) is 34.0 Å². The van der Waals surface area contributed by atoms with E-state index in [-0.39, 0.29) is 5.91 Å². The van der Waals surface area contributed by atoms with Crippen molar-refractivity contribution in [2.24, 2.45) is 5.10 Å². The molecule has 0 saturated carbocycles. The van der Waals surface area contributed by atoms with Crippen molar-refractivity contribution < 1.29 is 19.0 Å². The second kappa shape index (κ2) is 13.6. The molecule has 5 aromatic carbocycles. The molecule has 0 bridgehead atoms. The highest BCUT2D eigenvalue weighted by atomic mass is 79.9. The van der Waals surface area contributed by atoms with E-state index in [0.29, 0.717) is 48.2 Å². The van der Waals surface area contributed by atoms with E-state index in [1.54, 1.807) is 12.3 Å². The lowest BCUT2D eigenvalue weighted by Crippen LogP contribution is -2.18. The van der Waals surface area contributed by atoms with Crippen LogP contribution in [0.5, 0.6) is 17.2 Å². The van der Waals surface area contributed by atoms with Gasteiger partial charge in [-0.3, -0.25) is 4.79 Å². The Bertz CT molecular complexity index is 1670. The van der Waals surface area contributed by atoms with Gasteiger partial charge in [0.2, 0.25) is 0 Å². The minimum Gasteiger partial charge on any atom is -0.490 e. The van der Waals surface area contributed by atoms with Gasteiger partial charge in [-0.2, -0.15) is 5.10 Å². The quantitative estimate of drug-likeness (QED) is 0.122. The molecule has 0 aliphatic heterocycles. The highest BCUT2D eigenvalue weighted by Gasteiger charge is 2.11. The smallest absolute Gasteiger partial charge is 0.271 e. The first-order valence-electron chi connectivity index (χ1n) is 13.3. The lowest BCUT2D eigenvalue weighted by molar-refractivity contribution is 0.0956. The van der Waals surface area contributed by atoms with Crippen molar-refractivity contribution in [2.45, 2.75) is 20.1 Å². The molecule has 0 aromatic heterocycles. The standard InChI is InChI=1S/C34H29BrN2O4/c1-2-39-33-19-25(15-17-32(33)41-22-24-9-4-3-5-10-24)23-40-31-18-16-28(35)20-27(31)21-36-37-34(38)30-14-8-12-26-11-6-7-13-29(26)30/h3-21H,2,22-23H2,1H3,(H,37,38)/b36-21+. The molecule has 41 heavy (non-hydrogen) atoms. The Labute approximate surface area is 247 Å². The summed E-state index contributed by atoms with van der Waals surface area (Å²) in [6.45, 7) is 3.22. The zero-order chi connectivity index (χ0) is 28.4. The summed E-state index contributed by atoms with van der Waals surface area (Å²) in [7, 11) is 0. The Balaban J connectivity index is 1.26. The maximum atomic E-state index is 12.9. The molecule has 0 heterocycles. The Hall–Kier alpha value is -4.62. The summed E-state index contributed by atoms with van der Waals surface area (Å²) < 4.78 is 18.9. The molecule has 5 rings (SSSR count). The van der Waals surface area contributed by atoms with Gasteiger partial charge in [0.25, 0.3) is 5.91 Å².